The molecule has 1 nitrogen and oxygen atoms in total. The van der Waals surface area contributed by atoms with Gasteiger partial charge in [-0.25, -0.2) is 22.0 Å². The highest BCUT2D eigenvalue weighted by Gasteiger charge is 2.26. The predicted octanol–water partition coefficient (Wildman–Crippen LogP) is 3.05. The minimum Gasteiger partial charge on any atom is -0.327 e. The fraction of sp³-hybridized carbons (Fsp3) is 0.455. The Morgan fingerprint density at radius 3 is 1.71 bits per heavy atom. The Balaban J connectivity index is 3.16. The van der Waals surface area contributed by atoms with Crippen LogP contribution < -0.4 is 5.73 Å². The standard InChI is InChI=1S/C11H12F5N/c1-2-3-5(17)4-6-7(12)9(14)11(16)10(15)8(6)13/h5H,2-4,17H2,1H3/t5-/m1/s1. The van der Waals surface area contributed by atoms with E-state index in [1.807, 2.05) is 0 Å². The second-order valence-corrected chi connectivity index (χ2v) is 3.80. The molecule has 1 rings (SSSR count). The van der Waals surface area contributed by atoms with Gasteiger partial charge in [-0.2, -0.15) is 0 Å². The van der Waals surface area contributed by atoms with Crippen LogP contribution in [0.4, 0.5) is 22.0 Å². The Morgan fingerprint density at radius 1 is 0.882 bits per heavy atom. The second-order valence-electron chi connectivity index (χ2n) is 3.80. The van der Waals surface area contributed by atoms with E-state index in [0.29, 0.717) is 12.8 Å². The van der Waals surface area contributed by atoms with E-state index in [-0.39, 0.29) is 6.42 Å². The van der Waals surface area contributed by atoms with Crippen LogP contribution >= 0.6 is 0 Å². The Kier molecular flexibility index (Phi) is 4.45. The minimum atomic E-state index is -2.15. The maximum absolute atomic E-state index is 13.2. The van der Waals surface area contributed by atoms with Crippen LogP contribution in [0.3, 0.4) is 0 Å². The smallest absolute Gasteiger partial charge is 0.200 e. The molecule has 17 heavy (non-hydrogen) atoms. The monoisotopic (exact) mass is 253 g/mol. The molecule has 1 aromatic rings. The first kappa shape index (κ1) is 13.9. The molecule has 0 heterocycles. The SMILES string of the molecule is CCC[C@@H](N)Cc1c(F)c(F)c(F)c(F)c1F. The van der Waals surface area contributed by atoms with Crippen molar-refractivity contribution >= 4 is 0 Å². The Hall–Kier alpha value is -1.17. The lowest BCUT2D eigenvalue weighted by Gasteiger charge is -2.13. The average Bonchev–Trinajstić information content (AvgIpc) is 2.30. The van der Waals surface area contributed by atoms with Crippen LogP contribution in [0, 0.1) is 29.1 Å². The molecule has 0 spiro atoms. The largest absolute Gasteiger partial charge is 0.327 e. The topological polar surface area (TPSA) is 26.0 Å². The van der Waals surface area contributed by atoms with Gasteiger partial charge in [0.2, 0.25) is 5.82 Å². The zero-order chi connectivity index (χ0) is 13.2. The Labute approximate surface area is 95.4 Å². The molecule has 0 aliphatic heterocycles. The van der Waals surface area contributed by atoms with Gasteiger partial charge >= 0.3 is 0 Å². The van der Waals surface area contributed by atoms with Crippen LogP contribution in [0.2, 0.25) is 0 Å². The van der Waals surface area contributed by atoms with Crippen molar-refractivity contribution in [2.24, 2.45) is 5.73 Å². The molecule has 0 saturated carbocycles. The molecule has 0 bridgehead atoms. The third kappa shape index (κ3) is 2.74. The van der Waals surface area contributed by atoms with Crippen LogP contribution in [0.1, 0.15) is 25.3 Å². The third-order valence-corrected chi connectivity index (χ3v) is 2.43. The lowest BCUT2D eigenvalue weighted by atomic mass is 10.0. The van der Waals surface area contributed by atoms with Gasteiger partial charge in [0.05, 0.1) is 0 Å². The number of rotatable bonds is 4. The average molecular weight is 253 g/mol. The highest BCUT2D eigenvalue weighted by molar-refractivity contribution is 5.24. The van der Waals surface area contributed by atoms with E-state index in [2.05, 4.69) is 0 Å². The van der Waals surface area contributed by atoms with Gasteiger partial charge in [0.1, 0.15) is 0 Å². The zero-order valence-electron chi connectivity index (χ0n) is 9.17. The van der Waals surface area contributed by atoms with Gasteiger partial charge in [0.15, 0.2) is 23.3 Å². The quantitative estimate of drug-likeness (QED) is 0.498. The summed E-state index contributed by atoms with van der Waals surface area (Å²) in [6.07, 6.45) is 0.732. The summed E-state index contributed by atoms with van der Waals surface area (Å²) in [5.74, 6) is -9.60. The summed E-state index contributed by atoms with van der Waals surface area (Å²) in [4.78, 5) is 0. The zero-order valence-corrected chi connectivity index (χ0v) is 9.17. The van der Waals surface area contributed by atoms with Crippen molar-refractivity contribution in [1.82, 2.24) is 0 Å². The van der Waals surface area contributed by atoms with Gasteiger partial charge in [-0.1, -0.05) is 13.3 Å². The van der Waals surface area contributed by atoms with E-state index >= 15 is 0 Å². The van der Waals surface area contributed by atoms with Gasteiger partial charge in [0.25, 0.3) is 0 Å². The first-order valence-corrected chi connectivity index (χ1v) is 5.16. The fourth-order valence-electron chi connectivity index (χ4n) is 1.56. The van der Waals surface area contributed by atoms with Crippen LogP contribution in [0.25, 0.3) is 0 Å². The highest BCUT2D eigenvalue weighted by Crippen LogP contribution is 2.24. The maximum Gasteiger partial charge on any atom is 0.200 e. The normalized spacial score (nSPS) is 12.9. The van der Waals surface area contributed by atoms with Gasteiger partial charge in [-0.3, -0.25) is 0 Å². The number of hydrogen-bond donors (Lipinski definition) is 1. The molecule has 0 unspecified atom stereocenters. The Morgan fingerprint density at radius 2 is 1.29 bits per heavy atom. The molecular formula is C11H12F5N. The molecule has 0 saturated heterocycles. The summed E-state index contributed by atoms with van der Waals surface area (Å²) >= 11 is 0. The molecule has 0 aliphatic rings. The van der Waals surface area contributed by atoms with Crippen LogP contribution in [0.5, 0.6) is 0 Å². The first-order valence-electron chi connectivity index (χ1n) is 5.16. The molecule has 1 aromatic carbocycles. The number of hydrogen-bond acceptors (Lipinski definition) is 1. The van der Waals surface area contributed by atoms with Crippen LogP contribution in [0.15, 0.2) is 0 Å². The van der Waals surface area contributed by atoms with E-state index in [4.69, 9.17) is 5.73 Å². The van der Waals surface area contributed by atoms with Gasteiger partial charge in [-0.05, 0) is 12.8 Å². The van der Waals surface area contributed by atoms with E-state index in [1.54, 1.807) is 6.92 Å². The molecule has 2 N–H and O–H groups in total. The summed E-state index contributed by atoms with van der Waals surface area (Å²) in [6.45, 7) is 1.80. The van der Waals surface area contributed by atoms with Crippen molar-refractivity contribution in [2.45, 2.75) is 32.2 Å². The van der Waals surface area contributed by atoms with E-state index in [0.717, 1.165) is 0 Å². The molecule has 0 aromatic heterocycles. The van der Waals surface area contributed by atoms with Crippen molar-refractivity contribution in [2.75, 3.05) is 0 Å². The maximum atomic E-state index is 13.2. The second kappa shape index (κ2) is 5.44. The molecule has 0 aliphatic carbocycles. The minimum absolute atomic E-state index is 0.375. The highest BCUT2D eigenvalue weighted by atomic mass is 19.2. The lowest BCUT2D eigenvalue weighted by molar-refractivity contribution is 0.366. The third-order valence-electron chi connectivity index (χ3n) is 2.43. The van der Waals surface area contributed by atoms with Crippen molar-refractivity contribution in [3.63, 3.8) is 0 Å². The van der Waals surface area contributed by atoms with E-state index in [1.165, 1.54) is 0 Å². The lowest BCUT2D eigenvalue weighted by Crippen LogP contribution is -2.24. The number of halogens is 5. The molecule has 96 valence electrons. The molecular weight excluding hydrogens is 241 g/mol. The van der Waals surface area contributed by atoms with Gasteiger partial charge in [0, 0.05) is 11.6 Å². The number of nitrogens with two attached hydrogens (primary N) is 1. The molecule has 0 amide bonds. The summed E-state index contributed by atoms with van der Waals surface area (Å²) in [6, 6.07) is -0.631. The van der Waals surface area contributed by atoms with E-state index < -0.39 is 40.7 Å². The van der Waals surface area contributed by atoms with Crippen molar-refractivity contribution < 1.29 is 22.0 Å². The predicted molar refractivity (Wildman–Crippen MR) is 52.8 cm³/mol. The van der Waals surface area contributed by atoms with Crippen molar-refractivity contribution in [1.29, 1.82) is 0 Å². The molecule has 0 radical (unpaired) electrons. The number of benzene rings is 1. The van der Waals surface area contributed by atoms with Crippen molar-refractivity contribution in [3.8, 4) is 0 Å². The summed E-state index contributed by atoms with van der Waals surface area (Å²) < 4.78 is 64.9. The first-order chi connectivity index (χ1) is 7.90. The summed E-state index contributed by atoms with van der Waals surface area (Å²) in [5.41, 5.74) is 4.68. The van der Waals surface area contributed by atoms with E-state index in [9.17, 15) is 22.0 Å². The fourth-order valence-corrected chi connectivity index (χ4v) is 1.56. The summed E-state index contributed by atoms with van der Waals surface area (Å²) in [7, 11) is 0. The molecule has 6 heteroatoms. The summed E-state index contributed by atoms with van der Waals surface area (Å²) in [5, 5.41) is 0. The van der Waals surface area contributed by atoms with Gasteiger partial charge in [-0.15, -0.1) is 0 Å². The van der Waals surface area contributed by atoms with Crippen LogP contribution in [-0.2, 0) is 6.42 Å². The molecule has 0 fully saturated rings. The van der Waals surface area contributed by atoms with Crippen LogP contribution in [-0.4, -0.2) is 6.04 Å². The molecule has 1 atom stereocenters. The van der Waals surface area contributed by atoms with Gasteiger partial charge < -0.3 is 5.73 Å². The van der Waals surface area contributed by atoms with Crippen molar-refractivity contribution in [3.05, 3.63) is 34.6 Å². The Bertz CT molecular complexity index is 390.